The lowest BCUT2D eigenvalue weighted by Gasteiger charge is -2.21. The fourth-order valence-electron chi connectivity index (χ4n) is 2.11. The van der Waals surface area contributed by atoms with Gasteiger partial charge in [0.15, 0.2) is 4.67 Å². The Labute approximate surface area is 112 Å². The van der Waals surface area contributed by atoms with E-state index in [1.165, 1.54) is 0 Å². The summed E-state index contributed by atoms with van der Waals surface area (Å²) in [6.07, 6.45) is 4.09. The van der Waals surface area contributed by atoms with Crippen LogP contribution in [0.25, 0.3) is 0 Å². The van der Waals surface area contributed by atoms with Crippen molar-refractivity contribution in [3.05, 3.63) is 21.0 Å². The molecule has 16 heavy (non-hydrogen) atoms. The summed E-state index contributed by atoms with van der Waals surface area (Å²) in [5.74, 6) is 0.861. The number of aliphatic hydroxyl groups is 1. The van der Waals surface area contributed by atoms with Crippen molar-refractivity contribution in [3.63, 3.8) is 0 Å². The fourth-order valence-corrected chi connectivity index (χ4v) is 2.77. The van der Waals surface area contributed by atoms with E-state index in [0.717, 1.165) is 35.9 Å². The van der Waals surface area contributed by atoms with Gasteiger partial charge in [-0.05, 0) is 50.8 Å². The molecule has 1 saturated carbocycles. The van der Waals surface area contributed by atoms with Gasteiger partial charge in [-0.25, -0.2) is 0 Å². The van der Waals surface area contributed by atoms with Crippen LogP contribution in [-0.2, 0) is 6.54 Å². The second-order valence-corrected chi connectivity index (χ2v) is 5.94. The number of hydrogen-bond acceptors (Lipinski definition) is 3. The average molecular weight is 353 g/mol. The van der Waals surface area contributed by atoms with E-state index >= 15 is 0 Å². The molecule has 0 unspecified atom stereocenters. The largest absolute Gasteiger partial charge is 0.452 e. The molecule has 0 aromatic carbocycles. The zero-order chi connectivity index (χ0) is 11.6. The predicted molar refractivity (Wildman–Crippen MR) is 69.2 cm³/mol. The molecule has 1 aliphatic carbocycles. The normalized spacial score (nSPS) is 19.2. The first-order valence-electron chi connectivity index (χ1n) is 5.46. The van der Waals surface area contributed by atoms with E-state index in [0.29, 0.717) is 17.8 Å². The molecule has 2 N–H and O–H groups in total. The van der Waals surface area contributed by atoms with Gasteiger partial charge in [0, 0.05) is 6.54 Å². The van der Waals surface area contributed by atoms with Gasteiger partial charge in [0.25, 0.3) is 0 Å². The van der Waals surface area contributed by atoms with E-state index in [4.69, 9.17) is 4.42 Å². The highest BCUT2D eigenvalue weighted by Crippen LogP contribution is 2.29. The number of halogens is 2. The van der Waals surface area contributed by atoms with Gasteiger partial charge in [-0.15, -0.1) is 0 Å². The number of furan rings is 1. The van der Waals surface area contributed by atoms with Gasteiger partial charge in [-0.3, -0.25) is 0 Å². The van der Waals surface area contributed by atoms with Crippen molar-refractivity contribution in [2.75, 3.05) is 6.54 Å². The third kappa shape index (κ3) is 3.09. The molecule has 2 rings (SSSR count). The highest BCUT2D eigenvalue weighted by Gasteiger charge is 2.30. The Bertz CT molecular complexity index is 339. The van der Waals surface area contributed by atoms with Crippen LogP contribution in [0.4, 0.5) is 0 Å². The van der Waals surface area contributed by atoms with Crippen LogP contribution in [0.5, 0.6) is 0 Å². The molecule has 0 radical (unpaired) electrons. The number of rotatable bonds is 4. The Morgan fingerprint density at radius 3 is 2.62 bits per heavy atom. The smallest absolute Gasteiger partial charge is 0.183 e. The maximum absolute atomic E-state index is 10.1. The van der Waals surface area contributed by atoms with Gasteiger partial charge in [-0.1, -0.05) is 12.8 Å². The summed E-state index contributed by atoms with van der Waals surface area (Å²) >= 11 is 6.66. The second-order valence-electron chi connectivity index (χ2n) is 4.37. The third-order valence-electron chi connectivity index (χ3n) is 2.98. The van der Waals surface area contributed by atoms with Crippen molar-refractivity contribution in [2.45, 2.75) is 37.8 Å². The number of hydrogen-bond donors (Lipinski definition) is 2. The van der Waals surface area contributed by atoms with Crippen molar-refractivity contribution >= 4 is 31.9 Å². The minimum atomic E-state index is -0.499. The average Bonchev–Trinajstić information content (AvgIpc) is 2.76. The van der Waals surface area contributed by atoms with E-state index in [1.807, 2.05) is 6.07 Å². The molecule has 0 spiro atoms. The third-order valence-corrected chi connectivity index (χ3v) is 4.69. The van der Waals surface area contributed by atoms with Crippen LogP contribution >= 0.6 is 31.9 Å². The molecule has 0 amide bonds. The molecule has 1 fully saturated rings. The van der Waals surface area contributed by atoms with Gasteiger partial charge >= 0.3 is 0 Å². The van der Waals surface area contributed by atoms with Crippen LogP contribution in [0.15, 0.2) is 19.6 Å². The van der Waals surface area contributed by atoms with Gasteiger partial charge in [0.2, 0.25) is 0 Å². The summed E-state index contributed by atoms with van der Waals surface area (Å²) in [4.78, 5) is 0. The maximum atomic E-state index is 10.1. The van der Waals surface area contributed by atoms with E-state index in [1.54, 1.807) is 0 Å². The first kappa shape index (κ1) is 12.6. The molecule has 0 atom stereocenters. The minimum absolute atomic E-state index is 0.499. The molecular formula is C11H15Br2NO2. The van der Waals surface area contributed by atoms with Gasteiger partial charge in [0.1, 0.15) is 5.76 Å². The van der Waals surface area contributed by atoms with Crippen molar-refractivity contribution in [3.8, 4) is 0 Å². The highest BCUT2D eigenvalue weighted by atomic mass is 79.9. The Balaban J connectivity index is 1.79. The van der Waals surface area contributed by atoms with E-state index in [2.05, 4.69) is 37.2 Å². The van der Waals surface area contributed by atoms with Crippen LogP contribution in [-0.4, -0.2) is 17.3 Å². The Hall–Kier alpha value is 0.160. The molecule has 5 heteroatoms. The zero-order valence-electron chi connectivity index (χ0n) is 8.93. The van der Waals surface area contributed by atoms with E-state index in [9.17, 15) is 5.11 Å². The molecule has 1 aromatic rings. The lowest BCUT2D eigenvalue weighted by atomic mass is 10.0. The summed E-state index contributed by atoms with van der Waals surface area (Å²) in [7, 11) is 0. The minimum Gasteiger partial charge on any atom is -0.452 e. The Morgan fingerprint density at radius 2 is 2.06 bits per heavy atom. The molecular weight excluding hydrogens is 338 g/mol. The maximum Gasteiger partial charge on any atom is 0.183 e. The van der Waals surface area contributed by atoms with Gasteiger partial charge in [0.05, 0.1) is 16.6 Å². The molecule has 3 nitrogen and oxygen atoms in total. The van der Waals surface area contributed by atoms with Crippen LogP contribution in [0.2, 0.25) is 0 Å². The monoisotopic (exact) mass is 351 g/mol. The molecule has 0 bridgehead atoms. The summed E-state index contributed by atoms with van der Waals surface area (Å²) in [5.41, 5.74) is -0.499. The summed E-state index contributed by atoms with van der Waals surface area (Å²) in [6, 6.07) is 1.93. The molecule has 1 aliphatic rings. The second kappa shape index (κ2) is 5.21. The molecule has 1 aromatic heterocycles. The lowest BCUT2D eigenvalue weighted by Crippen LogP contribution is -2.37. The fraction of sp³-hybridized carbons (Fsp3) is 0.636. The molecule has 0 aliphatic heterocycles. The first-order valence-corrected chi connectivity index (χ1v) is 7.04. The van der Waals surface area contributed by atoms with Crippen LogP contribution in [0, 0.1) is 0 Å². The predicted octanol–water partition coefficient (Wildman–Crippen LogP) is 3.20. The van der Waals surface area contributed by atoms with Gasteiger partial charge in [-0.2, -0.15) is 0 Å². The van der Waals surface area contributed by atoms with Crippen LogP contribution in [0.3, 0.4) is 0 Å². The van der Waals surface area contributed by atoms with Crippen molar-refractivity contribution in [1.29, 1.82) is 0 Å². The molecule has 0 saturated heterocycles. The number of nitrogens with one attached hydrogen (secondary N) is 1. The van der Waals surface area contributed by atoms with Gasteiger partial charge < -0.3 is 14.8 Å². The van der Waals surface area contributed by atoms with Crippen LogP contribution in [0.1, 0.15) is 31.4 Å². The SMILES string of the molecule is OC1(CNCc2cc(Br)c(Br)o2)CCCC1. The Morgan fingerprint density at radius 1 is 1.38 bits per heavy atom. The van der Waals surface area contributed by atoms with E-state index in [-0.39, 0.29) is 0 Å². The Kier molecular flexibility index (Phi) is 4.11. The zero-order valence-corrected chi connectivity index (χ0v) is 12.1. The van der Waals surface area contributed by atoms with E-state index < -0.39 is 5.60 Å². The summed E-state index contributed by atoms with van der Waals surface area (Å²) in [6.45, 7) is 1.29. The van der Waals surface area contributed by atoms with Crippen LogP contribution < -0.4 is 5.32 Å². The standard InChI is InChI=1S/C11H15Br2NO2/c12-9-5-8(16-10(9)13)6-14-7-11(15)3-1-2-4-11/h5,14-15H,1-4,6-7H2. The molecule has 1 heterocycles. The molecule has 90 valence electrons. The lowest BCUT2D eigenvalue weighted by molar-refractivity contribution is 0.0470. The van der Waals surface area contributed by atoms with Crippen molar-refractivity contribution < 1.29 is 9.52 Å². The summed E-state index contributed by atoms with van der Waals surface area (Å²) in [5, 5.41) is 13.4. The topological polar surface area (TPSA) is 45.4 Å². The highest BCUT2D eigenvalue weighted by molar-refractivity contribution is 9.13. The quantitative estimate of drug-likeness (QED) is 0.874. The van der Waals surface area contributed by atoms with Crippen molar-refractivity contribution in [1.82, 2.24) is 5.32 Å². The summed E-state index contributed by atoms with van der Waals surface area (Å²) < 4.78 is 7.07. The first-order chi connectivity index (χ1) is 7.59. The van der Waals surface area contributed by atoms with Crippen molar-refractivity contribution in [2.24, 2.45) is 0 Å².